The van der Waals surface area contributed by atoms with Gasteiger partial charge in [-0.1, -0.05) is 25.5 Å². The zero-order chi connectivity index (χ0) is 15.7. The van der Waals surface area contributed by atoms with Crippen LogP contribution in [0.1, 0.15) is 46.0 Å². The molecule has 3 fully saturated rings. The van der Waals surface area contributed by atoms with Gasteiger partial charge < -0.3 is 5.11 Å². The number of ketones is 2. The van der Waals surface area contributed by atoms with Crippen LogP contribution in [0.15, 0.2) is 23.8 Å². The molecule has 0 spiro atoms. The largest absolute Gasteiger partial charge is 0.393 e. The van der Waals surface area contributed by atoms with Gasteiger partial charge in [-0.2, -0.15) is 0 Å². The minimum Gasteiger partial charge on any atom is -0.393 e. The molecule has 0 bridgehead atoms. The van der Waals surface area contributed by atoms with Crippen LogP contribution in [0, 0.1) is 28.6 Å². The van der Waals surface area contributed by atoms with E-state index in [1.165, 1.54) is 5.57 Å². The van der Waals surface area contributed by atoms with Crippen molar-refractivity contribution in [2.75, 3.05) is 0 Å². The fraction of sp³-hybridized carbons (Fsp3) is 0.684. The summed E-state index contributed by atoms with van der Waals surface area (Å²) in [4.78, 5) is 24.1. The third kappa shape index (κ3) is 1.66. The predicted octanol–water partition coefficient (Wildman–Crippen LogP) is 2.83. The molecule has 4 aliphatic carbocycles. The summed E-state index contributed by atoms with van der Waals surface area (Å²) in [5.74, 6) is 1.34. The highest BCUT2D eigenvalue weighted by molar-refractivity contribution is 6.01. The van der Waals surface area contributed by atoms with Crippen LogP contribution in [0.4, 0.5) is 0 Å². The quantitative estimate of drug-likeness (QED) is 0.748. The molecule has 0 aliphatic heterocycles. The van der Waals surface area contributed by atoms with E-state index in [2.05, 4.69) is 13.8 Å². The molecule has 22 heavy (non-hydrogen) atoms. The number of carbonyl (C=O) groups excluding carboxylic acids is 2. The van der Waals surface area contributed by atoms with Crippen molar-refractivity contribution in [2.45, 2.75) is 52.1 Å². The van der Waals surface area contributed by atoms with Crippen molar-refractivity contribution in [3.8, 4) is 0 Å². The van der Waals surface area contributed by atoms with Gasteiger partial charge >= 0.3 is 0 Å². The molecule has 4 rings (SSSR count). The zero-order valence-corrected chi connectivity index (χ0v) is 13.3. The molecule has 0 radical (unpaired) electrons. The molecule has 0 aromatic rings. The van der Waals surface area contributed by atoms with Gasteiger partial charge in [-0.05, 0) is 49.7 Å². The lowest BCUT2D eigenvalue weighted by Gasteiger charge is -2.57. The number of allylic oxidation sites excluding steroid dienone is 4. The zero-order valence-electron chi connectivity index (χ0n) is 13.3. The number of aliphatic hydroxyl groups is 1. The summed E-state index contributed by atoms with van der Waals surface area (Å²) in [6.45, 7) is 4.24. The molecule has 0 aromatic heterocycles. The second-order valence-electron chi connectivity index (χ2n) is 8.17. The third-order valence-corrected chi connectivity index (χ3v) is 7.21. The van der Waals surface area contributed by atoms with E-state index in [1.807, 2.05) is 6.08 Å². The minimum atomic E-state index is -0.458. The normalized spacial score (nSPS) is 50.2. The number of rotatable bonds is 0. The number of fused-ring (bicyclic) bond motifs is 5. The van der Waals surface area contributed by atoms with E-state index in [0.29, 0.717) is 30.5 Å². The first-order valence-corrected chi connectivity index (χ1v) is 8.52. The monoisotopic (exact) mass is 300 g/mol. The molecule has 0 aromatic carbocycles. The van der Waals surface area contributed by atoms with Crippen LogP contribution < -0.4 is 0 Å². The second-order valence-corrected chi connectivity index (χ2v) is 8.17. The Kier molecular flexibility index (Phi) is 2.88. The van der Waals surface area contributed by atoms with Gasteiger partial charge in [0.1, 0.15) is 5.78 Å². The first kappa shape index (κ1) is 14.4. The fourth-order valence-corrected chi connectivity index (χ4v) is 6.10. The SMILES string of the molecule is C[C@]12C=CC(=O)C=C1CC[C@H]1C3CCC(=O)[C@@]3(C)C[C@H](O)[C@@H]12. The van der Waals surface area contributed by atoms with Gasteiger partial charge in [0.05, 0.1) is 6.10 Å². The second kappa shape index (κ2) is 4.41. The van der Waals surface area contributed by atoms with Crippen molar-refractivity contribution >= 4 is 11.6 Å². The van der Waals surface area contributed by atoms with E-state index in [9.17, 15) is 14.7 Å². The Morgan fingerprint density at radius 2 is 1.95 bits per heavy atom. The van der Waals surface area contributed by atoms with Crippen molar-refractivity contribution in [1.82, 2.24) is 0 Å². The lowest BCUT2D eigenvalue weighted by atomic mass is 9.47. The number of carbonyl (C=O) groups is 2. The summed E-state index contributed by atoms with van der Waals surface area (Å²) in [7, 11) is 0. The number of aliphatic hydroxyl groups excluding tert-OH is 1. The number of hydrogen-bond donors (Lipinski definition) is 1. The molecule has 0 amide bonds. The molecule has 1 unspecified atom stereocenters. The van der Waals surface area contributed by atoms with Crippen LogP contribution in [0.25, 0.3) is 0 Å². The van der Waals surface area contributed by atoms with E-state index in [-0.39, 0.29) is 22.5 Å². The van der Waals surface area contributed by atoms with Crippen LogP contribution in [0.2, 0.25) is 0 Å². The van der Waals surface area contributed by atoms with Crippen molar-refractivity contribution < 1.29 is 14.7 Å². The maximum atomic E-state index is 12.4. The van der Waals surface area contributed by atoms with Crippen LogP contribution >= 0.6 is 0 Å². The predicted molar refractivity (Wildman–Crippen MR) is 83.0 cm³/mol. The van der Waals surface area contributed by atoms with Crippen molar-refractivity contribution in [2.24, 2.45) is 28.6 Å². The molecule has 1 N–H and O–H groups in total. The van der Waals surface area contributed by atoms with Crippen molar-refractivity contribution in [1.29, 1.82) is 0 Å². The highest BCUT2D eigenvalue weighted by Gasteiger charge is 2.61. The summed E-state index contributed by atoms with van der Waals surface area (Å²) < 4.78 is 0. The maximum absolute atomic E-state index is 12.4. The Labute approximate surface area is 131 Å². The summed E-state index contributed by atoms with van der Waals surface area (Å²) in [6, 6.07) is 0. The van der Waals surface area contributed by atoms with Crippen molar-refractivity contribution in [3.05, 3.63) is 23.8 Å². The Hall–Kier alpha value is -1.22. The smallest absolute Gasteiger partial charge is 0.178 e. The summed E-state index contributed by atoms with van der Waals surface area (Å²) in [6.07, 6.45) is 9.14. The number of hydrogen-bond acceptors (Lipinski definition) is 3. The molecule has 0 heterocycles. The summed E-state index contributed by atoms with van der Waals surface area (Å²) in [5, 5.41) is 10.9. The van der Waals surface area contributed by atoms with E-state index >= 15 is 0 Å². The van der Waals surface area contributed by atoms with Gasteiger partial charge in [0, 0.05) is 23.2 Å². The topological polar surface area (TPSA) is 54.4 Å². The third-order valence-electron chi connectivity index (χ3n) is 7.21. The summed E-state index contributed by atoms with van der Waals surface area (Å²) in [5.41, 5.74) is 0.628. The van der Waals surface area contributed by atoms with E-state index in [1.54, 1.807) is 12.2 Å². The molecular weight excluding hydrogens is 276 g/mol. The lowest BCUT2D eigenvalue weighted by Crippen LogP contribution is -2.55. The van der Waals surface area contributed by atoms with Gasteiger partial charge in [-0.3, -0.25) is 9.59 Å². The van der Waals surface area contributed by atoms with Gasteiger partial charge in [0.15, 0.2) is 5.78 Å². The molecule has 3 heteroatoms. The van der Waals surface area contributed by atoms with Crippen LogP contribution in [-0.2, 0) is 9.59 Å². The average molecular weight is 300 g/mol. The molecular formula is C19H24O3. The molecule has 3 nitrogen and oxygen atoms in total. The molecule has 118 valence electrons. The Bertz CT molecular complexity index is 616. The van der Waals surface area contributed by atoms with Gasteiger partial charge in [-0.15, -0.1) is 0 Å². The van der Waals surface area contributed by atoms with Crippen molar-refractivity contribution in [3.63, 3.8) is 0 Å². The minimum absolute atomic E-state index is 0.0668. The summed E-state index contributed by atoms with van der Waals surface area (Å²) >= 11 is 0. The molecule has 0 saturated heterocycles. The molecule has 6 atom stereocenters. The maximum Gasteiger partial charge on any atom is 0.178 e. The Morgan fingerprint density at radius 3 is 2.73 bits per heavy atom. The standard InChI is InChI=1S/C19H24O3/c1-18-8-7-12(20)9-11(18)3-4-13-14-5-6-16(22)19(14,2)10-15(21)17(13)18/h7-9,13-15,17,21H,3-6,10H2,1-2H3/t13-,14?,15-,17+,18-,19-/m0/s1. The highest BCUT2D eigenvalue weighted by Crippen LogP contribution is 2.63. The first-order valence-electron chi connectivity index (χ1n) is 8.52. The van der Waals surface area contributed by atoms with Crippen LogP contribution in [-0.4, -0.2) is 22.8 Å². The van der Waals surface area contributed by atoms with Gasteiger partial charge in [-0.25, -0.2) is 0 Å². The van der Waals surface area contributed by atoms with E-state index < -0.39 is 6.10 Å². The first-order chi connectivity index (χ1) is 10.4. The number of Topliss-reactive ketones (excluding diaryl/α,β-unsaturated/α-hetero) is 1. The highest BCUT2D eigenvalue weighted by atomic mass is 16.3. The molecule has 3 saturated carbocycles. The van der Waals surface area contributed by atoms with E-state index in [0.717, 1.165) is 19.3 Å². The van der Waals surface area contributed by atoms with Crippen LogP contribution in [0.5, 0.6) is 0 Å². The molecule has 4 aliphatic rings. The van der Waals surface area contributed by atoms with E-state index in [4.69, 9.17) is 0 Å². The van der Waals surface area contributed by atoms with Gasteiger partial charge in [0.25, 0.3) is 0 Å². The lowest BCUT2D eigenvalue weighted by molar-refractivity contribution is -0.142. The Balaban J connectivity index is 1.77. The fourth-order valence-electron chi connectivity index (χ4n) is 6.10. The van der Waals surface area contributed by atoms with Crippen LogP contribution in [0.3, 0.4) is 0 Å². The van der Waals surface area contributed by atoms with Gasteiger partial charge in [0.2, 0.25) is 0 Å². The average Bonchev–Trinajstić information content (AvgIpc) is 2.75. The Morgan fingerprint density at radius 1 is 1.18 bits per heavy atom.